The first-order chi connectivity index (χ1) is 5.79. The average molecular weight is 165 g/mol. The van der Waals surface area contributed by atoms with E-state index in [2.05, 4.69) is 19.1 Å². The Hall–Kier alpha value is -0.790. The second-order valence-corrected chi connectivity index (χ2v) is 3.86. The van der Waals surface area contributed by atoms with Gasteiger partial charge in [-0.15, -0.1) is 0 Å². The van der Waals surface area contributed by atoms with Crippen molar-refractivity contribution in [2.24, 2.45) is 11.8 Å². The van der Waals surface area contributed by atoms with Crippen molar-refractivity contribution in [3.63, 3.8) is 0 Å². The molecule has 1 amide bonds. The third-order valence-corrected chi connectivity index (χ3v) is 2.80. The average Bonchev–Trinajstić information content (AvgIpc) is 2.83. The summed E-state index contributed by atoms with van der Waals surface area (Å²) in [5, 5.41) is 0. The monoisotopic (exact) mass is 165 g/mol. The molecule has 2 aliphatic rings. The first-order valence-corrected chi connectivity index (χ1v) is 4.73. The maximum atomic E-state index is 11.7. The highest BCUT2D eigenvalue weighted by molar-refractivity contribution is 5.81. The van der Waals surface area contributed by atoms with Gasteiger partial charge in [-0.05, 0) is 18.8 Å². The van der Waals surface area contributed by atoms with Gasteiger partial charge in [0.25, 0.3) is 0 Å². The number of hydrogen-bond acceptors (Lipinski definition) is 1. The van der Waals surface area contributed by atoms with Gasteiger partial charge in [0.1, 0.15) is 0 Å². The van der Waals surface area contributed by atoms with Crippen molar-refractivity contribution in [3.05, 3.63) is 12.2 Å². The van der Waals surface area contributed by atoms with Gasteiger partial charge in [0.15, 0.2) is 0 Å². The van der Waals surface area contributed by atoms with Gasteiger partial charge < -0.3 is 4.90 Å². The predicted molar refractivity (Wildman–Crippen MR) is 47.6 cm³/mol. The zero-order valence-corrected chi connectivity index (χ0v) is 7.49. The molecule has 0 N–H and O–H groups in total. The molecule has 1 aliphatic heterocycles. The Kier molecular flexibility index (Phi) is 1.91. The lowest BCUT2D eigenvalue weighted by Crippen LogP contribution is -2.35. The normalized spacial score (nSPS) is 33.6. The molecule has 1 saturated carbocycles. The van der Waals surface area contributed by atoms with E-state index in [0.29, 0.717) is 17.7 Å². The van der Waals surface area contributed by atoms with Crippen molar-refractivity contribution < 1.29 is 4.79 Å². The predicted octanol–water partition coefficient (Wildman–Crippen LogP) is 1.43. The molecule has 0 bridgehead atoms. The summed E-state index contributed by atoms with van der Waals surface area (Å²) in [4.78, 5) is 13.6. The molecule has 0 spiro atoms. The van der Waals surface area contributed by atoms with E-state index in [0.717, 1.165) is 25.9 Å². The summed E-state index contributed by atoms with van der Waals surface area (Å²) >= 11 is 0. The van der Waals surface area contributed by atoms with Gasteiger partial charge in [-0.3, -0.25) is 4.79 Å². The Labute approximate surface area is 73.2 Å². The lowest BCUT2D eigenvalue weighted by molar-refractivity contribution is -0.132. The van der Waals surface area contributed by atoms with Crippen molar-refractivity contribution in [1.29, 1.82) is 0 Å². The highest BCUT2D eigenvalue weighted by Gasteiger charge is 2.41. The van der Waals surface area contributed by atoms with Gasteiger partial charge in [0.05, 0.1) is 0 Å². The Morgan fingerprint density at radius 2 is 2.25 bits per heavy atom. The SMILES string of the molecule is C[C@@H]1C[C@H]1C(=O)N1CC=CCC1. The summed E-state index contributed by atoms with van der Waals surface area (Å²) in [6.07, 6.45) is 6.39. The summed E-state index contributed by atoms with van der Waals surface area (Å²) in [6, 6.07) is 0. The zero-order valence-electron chi connectivity index (χ0n) is 7.49. The third-order valence-electron chi connectivity index (χ3n) is 2.80. The minimum absolute atomic E-state index is 0.358. The molecule has 1 fully saturated rings. The minimum atomic E-state index is 0.358. The van der Waals surface area contributed by atoms with Crippen LogP contribution >= 0.6 is 0 Å². The van der Waals surface area contributed by atoms with Crippen LogP contribution in [0.5, 0.6) is 0 Å². The fraction of sp³-hybridized carbons (Fsp3) is 0.700. The first-order valence-electron chi connectivity index (χ1n) is 4.73. The number of rotatable bonds is 1. The molecule has 2 nitrogen and oxygen atoms in total. The first kappa shape index (κ1) is 7.84. The van der Waals surface area contributed by atoms with Gasteiger partial charge >= 0.3 is 0 Å². The van der Waals surface area contributed by atoms with Gasteiger partial charge in [0, 0.05) is 19.0 Å². The van der Waals surface area contributed by atoms with Crippen LogP contribution < -0.4 is 0 Å². The van der Waals surface area contributed by atoms with E-state index in [4.69, 9.17) is 0 Å². The number of amides is 1. The molecule has 2 atom stereocenters. The fourth-order valence-electron chi connectivity index (χ4n) is 1.74. The maximum Gasteiger partial charge on any atom is 0.226 e. The molecule has 0 saturated heterocycles. The summed E-state index contributed by atoms with van der Waals surface area (Å²) in [5.74, 6) is 1.38. The lowest BCUT2D eigenvalue weighted by Gasteiger charge is -2.23. The van der Waals surface area contributed by atoms with Crippen LogP contribution in [0.15, 0.2) is 12.2 Å². The van der Waals surface area contributed by atoms with Gasteiger partial charge in [-0.25, -0.2) is 0 Å². The van der Waals surface area contributed by atoms with Crippen LogP contribution in [0.25, 0.3) is 0 Å². The number of carbonyl (C=O) groups excluding carboxylic acids is 1. The van der Waals surface area contributed by atoms with Crippen LogP contribution in [0.1, 0.15) is 19.8 Å². The highest BCUT2D eigenvalue weighted by atomic mass is 16.2. The quantitative estimate of drug-likeness (QED) is 0.538. The van der Waals surface area contributed by atoms with E-state index < -0.39 is 0 Å². The van der Waals surface area contributed by atoms with Crippen molar-refractivity contribution in [1.82, 2.24) is 4.90 Å². The third kappa shape index (κ3) is 1.38. The molecular formula is C10H15NO. The van der Waals surface area contributed by atoms with E-state index in [1.807, 2.05) is 4.90 Å². The Morgan fingerprint density at radius 1 is 1.50 bits per heavy atom. The molecule has 12 heavy (non-hydrogen) atoms. The molecule has 0 aromatic heterocycles. The summed E-state index contributed by atoms with van der Waals surface area (Å²) in [5.41, 5.74) is 0. The van der Waals surface area contributed by atoms with Crippen molar-refractivity contribution in [2.45, 2.75) is 19.8 Å². The Bertz CT molecular complexity index is 222. The molecule has 1 heterocycles. The largest absolute Gasteiger partial charge is 0.338 e. The zero-order chi connectivity index (χ0) is 8.55. The van der Waals surface area contributed by atoms with Crippen LogP contribution in [0.2, 0.25) is 0 Å². The molecule has 0 aromatic rings. The molecule has 66 valence electrons. The van der Waals surface area contributed by atoms with Gasteiger partial charge in [-0.1, -0.05) is 19.1 Å². The molecule has 2 heteroatoms. The second kappa shape index (κ2) is 2.92. The summed E-state index contributed by atoms with van der Waals surface area (Å²) in [7, 11) is 0. The van der Waals surface area contributed by atoms with Crippen LogP contribution in [0, 0.1) is 11.8 Å². The molecule has 0 aromatic carbocycles. The number of nitrogens with zero attached hydrogens (tertiary/aromatic N) is 1. The lowest BCUT2D eigenvalue weighted by atomic mass is 10.2. The Balaban J connectivity index is 1.91. The Morgan fingerprint density at radius 3 is 2.75 bits per heavy atom. The second-order valence-electron chi connectivity index (χ2n) is 3.86. The molecule has 0 unspecified atom stereocenters. The van der Waals surface area contributed by atoms with Crippen molar-refractivity contribution in [3.8, 4) is 0 Å². The van der Waals surface area contributed by atoms with Crippen LogP contribution in [0.3, 0.4) is 0 Å². The van der Waals surface area contributed by atoms with Crippen LogP contribution in [-0.4, -0.2) is 23.9 Å². The molecule has 1 aliphatic carbocycles. The smallest absolute Gasteiger partial charge is 0.226 e. The van der Waals surface area contributed by atoms with E-state index in [9.17, 15) is 4.79 Å². The topological polar surface area (TPSA) is 20.3 Å². The van der Waals surface area contributed by atoms with E-state index in [1.165, 1.54) is 0 Å². The summed E-state index contributed by atoms with van der Waals surface area (Å²) in [6.45, 7) is 3.92. The van der Waals surface area contributed by atoms with E-state index in [1.54, 1.807) is 0 Å². The van der Waals surface area contributed by atoms with Gasteiger partial charge in [0.2, 0.25) is 5.91 Å². The standard InChI is InChI=1S/C10H15NO/c1-8-7-9(8)10(12)11-5-3-2-4-6-11/h2-3,8-9H,4-7H2,1H3/t8-,9-/m1/s1. The fourth-order valence-corrected chi connectivity index (χ4v) is 1.74. The van der Waals surface area contributed by atoms with Crippen LogP contribution in [-0.2, 0) is 4.79 Å². The minimum Gasteiger partial charge on any atom is -0.338 e. The number of hydrogen-bond donors (Lipinski definition) is 0. The molecule has 2 rings (SSSR count). The summed E-state index contributed by atoms with van der Waals surface area (Å²) < 4.78 is 0. The van der Waals surface area contributed by atoms with E-state index in [-0.39, 0.29) is 0 Å². The maximum absolute atomic E-state index is 11.7. The molecular weight excluding hydrogens is 150 g/mol. The van der Waals surface area contributed by atoms with E-state index >= 15 is 0 Å². The van der Waals surface area contributed by atoms with Gasteiger partial charge in [-0.2, -0.15) is 0 Å². The van der Waals surface area contributed by atoms with Crippen molar-refractivity contribution in [2.75, 3.05) is 13.1 Å². The number of carbonyl (C=O) groups is 1. The van der Waals surface area contributed by atoms with Crippen molar-refractivity contribution >= 4 is 5.91 Å². The highest BCUT2D eigenvalue weighted by Crippen LogP contribution is 2.39. The molecule has 0 radical (unpaired) electrons. The van der Waals surface area contributed by atoms with Crippen LogP contribution in [0.4, 0.5) is 0 Å².